The maximum Gasteiger partial charge on any atom is 0.269 e. The number of nitro groups is 1. The van der Waals surface area contributed by atoms with Crippen molar-refractivity contribution < 1.29 is 9.72 Å². The lowest BCUT2D eigenvalue weighted by Gasteiger charge is -2.28. The van der Waals surface area contributed by atoms with Crippen LogP contribution >= 0.6 is 0 Å². The van der Waals surface area contributed by atoms with Crippen LogP contribution in [0.25, 0.3) is 22.4 Å². The van der Waals surface area contributed by atoms with Crippen LogP contribution in [0.15, 0.2) is 66.7 Å². The third-order valence-electron chi connectivity index (χ3n) is 6.66. The summed E-state index contributed by atoms with van der Waals surface area (Å²) in [4.78, 5) is 32.1. The van der Waals surface area contributed by atoms with Crippen LogP contribution in [0.1, 0.15) is 36.8 Å². The second-order valence-corrected chi connectivity index (χ2v) is 8.68. The van der Waals surface area contributed by atoms with Crippen molar-refractivity contribution in [2.45, 2.75) is 38.0 Å². The first kappa shape index (κ1) is 20.9. The maximum absolute atomic E-state index is 13.5. The van der Waals surface area contributed by atoms with Crippen molar-refractivity contribution in [3.63, 3.8) is 0 Å². The van der Waals surface area contributed by atoms with Crippen molar-refractivity contribution in [2.24, 2.45) is 0 Å². The summed E-state index contributed by atoms with van der Waals surface area (Å²) in [6.07, 6.45) is 3.36. The van der Waals surface area contributed by atoms with Crippen molar-refractivity contribution in [3.8, 4) is 11.4 Å². The van der Waals surface area contributed by atoms with E-state index in [1.807, 2.05) is 49.4 Å². The zero-order valence-corrected chi connectivity index (χ0v) is 18.3. The molecule has 7 nitrogen and oxygen atoms in total. The van der Waals surface area contributed by atoms with Gasteiger partial charge in [-0.1, -0.05) is 37.1 Å². The summed E-state index contributed by atoms with van der Waals surface area (Å²) in [5, 5.41) is 14.2. The summed E-state index contributed by atoms with van der Waals surface area (Å²) in [7, 11) is 0. The topological polar surface area (TPSA) is 101 Å². The fourth-order valence-electron chi connectivity index (χ4n) is 4.81. The van der Waals surface area contributed by atoms with E-state index in [9.17, 15) is 14.9 Å². The SMILES string of the molecule is Cc1cc(-c2nc3ccccc3[nH]2)ccc1NC(=O)C1(c2ccc([N+](=O)[O-])cc2)CCCC1. The lowest BCUT2D eigenvalue weighted by molar-refractivity contribution is -0.384. The number of nitrogens with one attached hydrogen (secondary N) is 2. The largest absolute Gasteiger partial charge is 0.338 e. The van der Waals surface area contributed by atoms with Crippen molar-refractivity contribution in [2.75, 3.05) is 5.32 Å². The van der Waals surface area contributed by atoms with Gasteiger partial charge in [0.2, 0.25) is 5.91 Å². The van der Waals surface area contributed by atoms with Gasteiger partial charge >= 0.3 is 0 Å². The van der Waals surface area contributed by atoms with Gasteiger partial charge < -0.3 is 10.3 Å². The van der Waals surface area contributed by atoms with Gasteiger partial charge in [-0.25, -0.2) is 4.98 Å². The van der Waals surface area contributed by atoms with Gasteiger partial charge in [-0.2, -0.15) is 0 Å². The highest BCUT2D eigenvalue weighted by Crippen LogP contribution is 2.42. The number of rotatable bonds is 5. The van der Waals surface area contributed by atoms with E-state index in [0.717, 1.165) is 64.9 Å². The summed E-state index contributed by atoms with van der Waals surface area (Å²) in [6, 6.07) is 20.2. The van der Waals surface area contributed by atoms with E-state index in [4.69, 9.17) is 0 Å². The van der Waals surface area contributed by atoms with Gasteiger partial charge in [0.05, 0.1) is 21.4 Å². The molecule has 0 spiro atoms. The van der Waals surface area contributed by atoms with Gasteiger partial charge in [0, 0.05) is 23.4 Å². The van der Waals surface area contributed by atoms with Crippen molar-refractivity contribution in [3.05, 3.63) is 88.0 Å². The van der Waals surface area contributed by atoms with E-state index < -0.39 is 10.3 Å². The average molecular weight is 441 g/mol. The second kappa shape index (κ2) is 8.16. The van der Waals surface area contributed by atoms with Gasteiger partial charge in [0.1, 0.15) is 5.82 Å². The molecule has 0 aliphatic heterocycles. The number of H-pyrrole nitrogens is 1. The molecular weight excluding hydrogens is 416 g/mol. The highest BCUT2D eigenvalue weighted by Gasteiger charge is 2.43. The zero-order valence-electron chi connectivity index (χ0n) is 18.3. The third kappa shape index (κ3) is 3.75. The molecule has 33 heavy (non-hydrogen) atoms. The van der Waals surface area contributed by atoms with E-state index in [1.165, 1.54) is 12.1 Å². The standard InChI is InChI=1S/C26H24N4O3/c1-17-16-18(24-27-22-6-2-3-7-23(22)28-24)8-13-21(17)29-25(31)26(14-4-5-15-26)19-9-11-20(12-10-19)30(32)33/h2-3,6-13,16H,4-5,14-15H2,1H3,(H,27,28)(H,29,31). The summed E-state index contributed by atoms with van der Waals surface area (Å²) in [5.74, 6) is 0.726. The Balaban J connectivity index is 1.41. The molecule has 7 heteroatoms. The Bertz CT molecular complexity index is 1320. The molecule has 166 valence electrons. The Kier molecular flexibility index (Phi) is 5.17. The molecule has 1 aliphatic carbocycles. The summed E-state index contributed by atoms with van der Waals surface area (Å²) in [5.41, 5.74) is 4.74. The Hall–Kier alpha value is -4.00. The first-order chi connectivity index (χ1) is 16.0. The third-order valence-corrected chi connectivity index (χ3v) is 6.66. The molecule has 1 saturated carbocycles. The molecule has 1 fully saturated rings. The first-order valence-electron chi connectivity index (χ1n) is 11.1. The molecule has 1 aromatic heterocycles. The van der Waals surface area contributed by atoms with Crippen LogP contribution < -0.4 is 5.32 Å². The zero-order chi connectivity index (χ0) is 23.0. The number of hydrogen-bond acceptors (Lipinski definition) is 4. The highest BCUT2D eigenvalue weighted by atomic mass is 16.6. The number of aromatic amines is 1. The number of amides is 1. The van der Waals surface area contributed by atoms with Gasteiger partial charge in [-0.3, -0.25) is 14.9 Å². The fraction of sp³-hybridized carbons (Fsp3) is 0.231. The van der Waals surface area contributed by atoms with E-state index in [1.54, 1.807) is 12.1 Å². The number of imidazole rings is 1. The molecule has 1 amide bonds. The molecule has 0 unspecified atom stereocenters. The molecule has 3 aromatic carbocycles. The molecule has 5 rings (SSSR count). The second-order valence-electron chi connectivity index (χ2n) is 8.68. The smallest absolute Gasteiger partial charge is 0.269 e. The van der Waals surface area contributed by atoms with Crippen LogP contribution in [-0.2, 0) is 10.2 Å². The number of anilines is 1. The number of benzene rings is 3. The number of carbonyl (C=O) groups excluding carboxylic acids is 1. The number of nitro benzene ring substituents is 1. The minimum atomic E-state index is -0.668. The summed E-state index contributed by atoms with van der Waals surface area (Å²) in [6.45, 7) is 1.97. The van der Waals surface area contributed by atoms with Crippen molar-refractivity contribution in [1.29, 1.82) is 0 Å². The first-order valence-corrected chi connectivity index (χ1v) is 11.1. The molecule has 0 bridgehead atoms. The monoisotopic (exact) mass is 440 g/mol. The average Bonchev–Trinajstić information content (AvgIpc) is 3.48. The predicted molar refractivity (Wildman–Crippen MR) is 128 cm³/mol. The molecule has 0 saturated heterocycles. The van der Waals surface area contributed by atoms with Crippen LogP contribution in [0, 0.1) is 17.0 Å². The quantitative estimate of drug-likeness (QED) is 0.298. The molecule has 0 atom stereocenters. The van der Waals surface area contributed by atoms with E-state index in [2.05, 4.69) is 15.3 Å². The van der Waals surface area contributed by atoms with E-state index in [0.29, 0.717) is 0 Å². The van der Waals surface area contributed by atoms with Crippen LogP contribution in [0.3, 0.4) is 0 Å². The molecule has 1 aliphatic rings. The summed E-state index contributed by atoms with van der Waals surface area (Å²) < 4.78 is 0. The number of carbonyl (C=O) groups is 1. The Labute approximate surface area is 191 Å². The lowest BCUT2D eigenvalue weighted by atomic mass is 9.77. The number of nitrogens with zero attached hydrogens (tertiary/aromatic N) is 2. The maximum atomic E-state index is 13.5. The van der Waals surface area contributed by atoms with Gasteiger partial charge in [0.25, 0.3) is 5.69 Å². The van der Waals surface area contributed by atoms with Gasteiger partial charge in [0.15, 0.2) is 0 Å². The van der Waals surface area contributed by atoms with Crippen molar-refractivity contribution in [1.82, 2.24) is 9.97 Å². The number of aromatic nitrogens is 2. The van der Waals surface area contributed by atoms with E-state index in [-0.39, 0.29) is 11.6 Å². The van der Waals surface area contributed by atoms with Crippen molar-refractivity contribution >= 4 is 28.3 Å². The van der Waals surface area contributed by atoms with Crippen LogP contribution in [0.4, 0.5) is 11.4 Å². The minimum Gasteiger partial charge on any atom is -0.338 e. The Morgan fingerprint density at radius 1 is 1.06 bits per heavy atom. The molecule has 4 aromatic rings. The fourth-order valence-corrected chi connectivity index (χ4v) is 4.81. The highest BCUT2D eigenvalue weighted by molar-refractivity contribution is 6.00. The normalized spacial score (nSPS) is 14.9. The molecule has 1 heterocycles. The van der Waals surface area contributed by atoms with E-state index >= 15 is 0 Å². The number of hydrogen-bond donors (Lipinski definition) is 2. The minimum absolute atomic E-state index is 0.0318. The Morgan fingerprint density at radius 2 is 1.79 bits per heavy atom. The molecule has 0 radical (unpaired) electrons. The number of aryl methyl sites for hydroxylation is 1. The number of para-hydroxylation sites is 2. The van der Waals surface area contributed by atoms with Crippen LogP contribution in [-0.4, -0.2) is 20.8 Å². The molecule has 2 N–H and O–H groups in total. The van der Waals surface area contributed by atoms with Crippen LogP contribution in [0.5, 0.6) is 0 Å². The number of fused-ring (bicyclic) bond motifs is 1. The number of non-ortho nitro benzene ring substituents is 1. The van der Waals surface area contributed by atoms with Gasteiger partial charge in [-0.15, -0.1) is 0 Å². The predicted octanol–water partition coefficient (Wildman–Crippen LogP) is 5.90. The molecular formula is C26H24N4O3. The van der Waals surface area contributed by atoms with Gasteiger partial charge in [-0.05, 0) is 61.2 Å². The van der Waals surface area contributed by atoms with Crippen LogP contribution in [0.2, 0.25) is 0 Å². The summed E-state index contributed by atoms with van der Waals surface area (Å²) >= 11 is 0. The Morgan fingerprint density at radius 3 is 2.45 bits per heavy atom. The lowest BCUT2D eigenvalue weighted by Crippen LogP contribution is -2.38.